The second-order valence-corrected chi connectivity index (χ2v) is 8.15. The number of aromatic nitrogens is 2. The van der Waals surface area contributed by atoms with Crippen LogP contribution in [-0.4, -0.2) is 19.8 Å². The molecule has 1 aliphatic carbocycles. The van der Waals surface area contributed by atoms with E-state index in [0.717, 1.165) is 5.69 Å². The van der Waals surface area contributed by atoms with Crippen LogP contribution in [-0.2, 0) is 0 Å². The number of para-hydroxylation sites is 2. The van der Waals surface area contributed by atoms with Crippen LogP contribution >= 0.6 is 12.2 Å². The minimum absolute atomic E-state index is 0.0960. The van der Waals surface area contributed by atoms with Crippen LogP contribution in [0.25, 0.3) is 0 Å². The summed E-state index contributed by atoms with van der Waals surface area (Å²) in [7, 11) is 0. The van der Waals surface area contributed by atoms with Crippen LogP contribution in [0.4, 0.5) is 5.69 Å². The minimum Gasteiger partial charge on any atom is -0.506 e. The van der Waals surface area contributed by atoms with Crippen molar-refractivity contribution in [1.29, 1.82) is 0 Å². The monoisotopic (exact) mass is 404 g/mol. The highest BCUT2D eigenvalue weighted by Crippen LogP contribution is 2.45. The Morgan fingerprint density at radius 3 is 2.55 bits per heavy atom. The van der Waals surface area contributed by atoms with Crippen molar-refractivity contribution >= 4 is 23.0 Å². The molecule has 0 radical (unpaired) electrons. The minimum atomic E-state index is -0.0987. The summed E-state index contributed by atoms with van der Waals surface area (Å²) >= 11 is 5.75. The molecular weight excluding hydrogens is 380 g/mol. The second-order valence-electron chi connectivity index (χ2n) is 7.76. The lowest BCUT2D eigenvalue weighted by atomic mass is 10.00. The van der Waals surface area contributed by atoms with E-state index in [1.165, 1.54) is 31.4 Å². The number of nitrogens with one attached hydrogen (secondary N) is 1. The number of hydrogen-bond acceptors (Lipinski definition) is 3. The van der Waals surface area contributed by atoms with E-state index in [0.29, 0.717) is 16.8 Å². The standard InChI is InChI=1S/C23H24N4OS/c28-20-13-4-3-11-18(20)27-22(19-12-7-15-26(19)16-8-1-2-9-16)21(25-23(27)29)17-10-5-6-14-24-17/h3-7,10-16,21-22,28H,1-2,8-9H2,(H,25,29)/t21-,22+/m0/s1. The van der Waals surface area contributed by atoms with Crippen LogP contribution < -0.4 is 10.2 Å². The fourth-order valence-electron chi connectivity index (χ4n) is 4.76. The predicted octanol–water partition coefficient (Wildman–Crippen LogP) is 4.88. The van der Waals surface area contributed by atoms with Gasteiger partial charge in [0, 0.05) is 24.1 Å². The first-order valence-electron chi connectivity index (χ1n) is 10.2. The van der Waals surface area contributed by atoms with Crippen LogP contribution in [0.3, 0.4) is 0 Å². The van der Waals surface area contributed by atoms with E-state index >= 15 is 0 Å². The summed E-state index contributed by atoms with van der Waals surface area (Å²) in [6.07, 6.45) is 8.96. The van der Waals surface area contributed by atoms with Gasteiger partial charge in [0.05, 0.1) is 17.4 Å². The predicted molar refractivity (Wildman–Crippen MR) is 118 cm³/mol. The summed E-state index contributed by atoms with van der Waals surface area (Å²) in [4.78, 5) is 6.66. The number of aromatic hydroxyl groups is 1. The van der Waals surface area contributed by atoms with Gasteiger partial charge < -0.3 is 19.9 Å². The van der Waals surface area contributed by atoms with Gasteiger partial charge in [-0.1, -0.05) is 31.0 Å². The van der Waals surface area contributed by atoms with Gasteiger partial charge in [0.15, 0.2) is 5.11 Å². The number of phenols is 1. The molecule has 5 nitrogen and oxygen atoms in total. The van der Waals surface area contributed by atoms with Crippen LogP contribution in [0.1, 0.15) is 55.2 Å². The smallest absolute Gasteiger partial charge is 0.174 e. The SMILES string of the molecule is Oc1ccccc1N1C(=S)N[C@@H](c2ccccn2)[C@H]1c1cccn1C1CCCC1. The Bertz CT molecular complexity index is 1010. The zero-order valence-electron chi connectivity index (χ0n) is 16.1. The topological polar surface area (TPSA) is 53.3 Å². The molecule has 5 rings (SSSR count). The van der Waals surface area contributed by atoms with Gasteiger partial charge in [-0.3, -0.25) is 4.98 Å². The number of hydrogen-bond donors (Lipinski definition) is 2. The summed E-state index contributed by atoms with van der Waals surface area (Å²) in [5, 5.41) is 14.7. The van der Waals surface area contributed by atoms with E-state index in [-0.39, 0.29) is 17.8 Å². The van der Waals surface area contributed by atoms with Crippen molar-refractivity contribution in [3.63, 3.8) is 0 Å². The lowest BCUT2D eigenvalue weighted by Gasteiger charge is -2.30. The van der Waals surface area contributed by atoms with Crippen LogP contribution in [0, 0.1) is 0 Å². The van der Waals surface area contributed by atoms with Gasteiger partial charge in [0.25, 0.3) is 0 Å². The number of phenolic OH excluding ortho intramolecular Hbond substituents is 1. The number of benzene rings is 1. The molecule has 0 unspecified atom stereocenters. The van der Waals surface area contributed by atoms with Crippen LogP contribution in [0.2, 0.25) is 0 Å². The summed E-state index contributed by atoms with van der Waals surface area (Å²) in [5.74, 6) is 0.224. The molecule has 6 heteroatoms. The fraction of sp³-hybridized carbons (Fsp3) is 0.304. The van der Waals surface area contributed by atoms with Gasteiger partial charge in [-0.15, -0.1) is 0 Å². The van der Waals surface area contributed by atoms with Crippen molar-refractivity contribution in [3.8, 4) is 5.75 Å². The Hall–Kier alpha value is -2.86. The van der Waals surface area contributed by atoms with Gasteiger partial charge in [-0.2, -0.15) is 0 Å². The Balaban J connectivity index is 1.65. The maximum absolute atomic E-state index is 10.6. The summed E-state index contributed by atoms with van der Waals surface area (Å²) in [6.45, 7) is 0. The molecule has 2 fully saturated rings. The van der Waals surface area contributed by atoms with Gasteiger partial charge in [0.2, 0.25) is 0 Å². The first kappa shape index (κ1) is 18.2. The first-order valence-corrected chi connectivity index (χ1v) is 10.6. The normalized spacial score (nSPS) is 22.2. The largest absolute Gasteiger partial charge is 0.506 e. The van der Waals surface area contributed by atoms with Crippen LogP contribution in [0.15, 0.2) is 67.0 Å². The van der Waals surface area contributed by atoms with Crippen molar-refractivity contribution in [1.82, 2.24) is 14.9 Å². The molecule has 1 saturated heterocycles. The van der Waals surface area contributed by atoms with Crippen molar-refractivity contribution in [2.24, 2.45) is 0 Å². The summed E-state index contributed by atoms with van der Waals surface area (Å²) in [6, 6.07) is 18.0. The number of nitrogens with zero attached hydrogens (tertiary/aromatic N) is 3. The molecule has 29 heavy (non-hydrogen) atoms. The zero-order valence-corrected chi connectivity index (χ0v) is 16.9. The molecule has 2 N–H and O–H groups in total. The fourth-order valence-corrected chi connectivity index (χ4v) is 5.09. The summed E-state index contributed by atoms with van der Waals surface area (Å²) in [5.41, 5.74) is 2.85. The van der Waals surface area contributed by atoms with E-state index < -0.39 is 0 Å². The van der Waals surface area contributed by atoms with E-state index in [9.17, 15) is 5.11 Å². The summed E-state index contributed by atoms with van der Waals surface area (Å²) < 4.78 is 2.41. The quantitative estimate of drug-likeness (QED) is 0.607. The Morgan fingerprint density at radius 2 is 1.79 bits per heavy atom. The Labute approximate surface area is 176 Å². The van der Waals surface area contributed by atoms with Crippen molar-refractivity contribution in [3.05, 3.63) is 78.4 Å². The lowest BCUT2D eigenvalue weighted by molar-refractivity contribution is 0.454. The van der Waals surface area contributed by atoms with Gasteiger partial charge in [-0.25, -0.2) is 0 Å². The molecule has 3 aromatic rings. The number of anilines is 1. The lowest BCUT2D eigenvalue weighted by Crippen LogP contribution is -2.30. The molecule has 2 aliphatic rings. The molecule has 0 amide bonds. The van der Waals surface area contributed by atoms with E-state index in [1.807, 2.05) is 47.5 Å². The number of pyridine rings is 1. The third kappa shape index (κ3) is 3.17. The van der Waals surface area contributed by atoms with Crippen molar-refractivity contribution < 1.29 is 5.11 Å². The average Bonchev–Trinajstić information content (AvgIpc) is 3.48. The van der Waals surface area contributed by atoms with Gasteiger partial charge >= 0.3 is 0 Å². The molecule has 2 atom stereocenters. The number of rotatable bonds is 4. The molecule has 1 aliphatic heterocycles. The van der Waals surface area contributed by atoms with E-state index in [1.54, 1.807) is 6.07 Å². The second kappa shape index (κ2) is 7.52. The maximum Gasteiger partial charge on any atom is 0.174 e. The molecule has 1 saturated carbocycles. The Kier molecular flexibility index (Phi) is 4.72. The van der Waals surface area contributed by atoms with Crippen molar-refractivity contribution in [2.75, 3.05) is 4.90 Å². The maximum atomic E-state index is 10.6. The highest BCUT2D eigenvalue weighted by molar-refractivity contribution is 7.80. The van der Waals surface area contributed by atoms with E-state index in [4.69, 9.17) is 12.2 Å². The Morgan fingerprint density at radius 1 is 1.00 bits per heavy atom. The molecular formula is C23H24N4OS. The molecule has 1 aromatic carbocycles. The van der Waals surface area contributed by atoms with Crippen molar-refractivity contribution in [2.45, 2.75) is 43.8 Å². The third-order valence-corrected chi connectivity index (χ3v) is 6.39. The highest BCUT2D eigenvalue weighted by atomic mass is 32.1. The number of thiocarbonyl (C=S) groups is 1. The molecule has 3 heterocycles. The van der Waals surface area contributed by atoms with Crippen LogP contribution in [0.5, 0.6) is 5.75 Å². The average molecular weight is 405 g/mol. The first-order chi connectivity index (χ1) is 14.2. The zero-order chi connectivity index (χ0) is 19.8. The van der Waals surface area contributed by atoms with Gasteiger partial charge in [-0.05, 0) is 61.5 Å². The highest BCUT2D eigenvalue weighted by Gasteiger charge is 2.43. The molecule has 2 aromatic heterocycles. The molecule has 0 spiro atoms. The third-order valence-electron chi connectivity index (χ3n) is 6.07. The van der Waals surface area contributed by atoms with Gasteiger partial charge in [0.1, 0.15) is 11.8 Å². The molecule has 148 valence electrons. The van der Waals surface area contributed by atoms with E-state index in [2.05, 4.69) is 33.2 Å². The molecule has 0 bridgehead atoms.